The minimum absolute atomic E-state index is 0.0726. The smallest absolute Gasteiger partial charge is 0.339 e. The number of nitrogens with one attached hydrogen (secondary N) is 2. The summed E-state index contributed by atoms with van der Waals surface area (Å²) < 4.78 is 0. The molecular weight excluding hydrogens is 364 g/mol. The number of carboxylic acid groups (broad SMARTS) is 1. The van der Waals surface area contributed by atoms with E-state index in [0.717, 1.165) is 55.1 Å². The molecule has 150 valence electrons. The summed E-state index contributed by atoms with van der Waals surface area (Å²) in [5.74, 6) is -1.30. The molecule has 1 atom stereocenters. The van der Waals surface area contributed by atoms with Crippen LogP contribution in [0.2, 0.25) is 0 Å². The van der Waals surface area contributed by atoms with E-state index < -0.39 is 5.97 Å². The van der Waals surface area contributed by atoms with Crippen molar-refractivity contribution >= 4 is 22.4 Å². The van der Waals surface area contributed by atoms with Crippen molar-refractivity contribution in [3.05, 3.63) is 71.4 Å². The molecule has 5 heteroatoms. The van der Waals surface area contributed by atoms with Crippen LogP contribution in [0.1, 0.15) is 47.2 Å². The Bertz CT molecular complexity index is 1040. The molecule has 5 nitrogen and oxygen atoms in total. The predicted octanol–water partition coefficient (Wildman–Crippen LogP) is 4.73. The minimum atomic E-state index is -1.12. The zero-order valence-corrected chi connectivity index (χ0v) is 16.3. The van der Waals surface area contributed by atoms with Crippen LogP contribution in [0.15, 0.2) is 54.7 Å². The van der Waals surface area contributed by atoms with Crippen LogP contribution in [0, 0.1) is 0 Å². The van der Waals surface area contributed by atoms with E-state index >= 15 is 0 Å². The van der Waals surface area contributed by atoms with E-state index in [1.54, 1.807) is 6.07 Å². The number of phenols is 1. The fourth-order valence-electron chi connectivity index (χ4n) is 4.16. The van der Waals surface area contributed by atoms with E-state index in [9.17, 15) is 9.90 Å². The number of carbonyl (C=O) groups is 1. The van der Waals surface area contributed by atoms with Crippen LogP contribution in [-0.2, 0) is 6.42 Å². The number of hydrogen-bond acceptors (Lipinski definition) is 3. The van der Waals surface area contributed by atoms with Crippen LogP contribution >= 0.6 is 0 Å². The van der Waals surface area contributed by atoms with Gasteiger partial charge in [0.25, 0.3) is 0 Å². The van der Waals surface area contributed by atoms with Gasteiger partial charge in [-0.1, -0.05) is 42.8 Å². The number of hydrogen-bond donors (Lipinski definition) is 4. The molecule has 1 aliphatic heterocycles. The lowest BCUT2D eigenvalue weighted by Crippen LogP contribution is -2.32. The number of aromatic carboxylic acids is 1. The van der Waals surface area contributed by atoms with Crippen molar-refractivity contribution < 1.29 is 15.0 Å². The number of unbranched alkanes of at least 4 members (excludes halogenated alkanes) is 1. The largest absolute Gasteiger partial charge is 0.507 e. The lowest BCUT2D eigenvalue weighted by molar-refractivity contribution is 0.0694. The first-order valence-corrected chi connectivity index (χ1v) is 10.2. The van der Waals surface area contributed by atoms with Gasteiger partial charge in [0.05, 0.1) is 0 Å². The Balaban J connectivity index is 1.31. The van der Waals surface area contributed by atoms with Crippen LogP contribution in [-0.4, -0.2) is 33.8 Å². The van der Waals surface area contributed by atoms with E-state index in [0.29, 0.717) is 6.04 Å². The summed E-state index contributed by atoms with van der Waals surface area (Å²) in [4.78, 5) is 14.3. The first kappa shape index (κ1) is 19.3. The molecule has 2 aromatic carbocycles. The minimum Gasteiger partial charge on any atom is -0.507 e. The zero-order valence-electron chi connectivity index (χ0n) is 16.3. The molecule has 0 bridgehead atoms. The van der Waals surface area contributed by atoms with Crippen LogP contribution in [0.3, 0.4) is 0 Å². The third kappa shape index (κ3) is 4.35. The van der Waals surface area contributed by atoms with Crippen molar-refractivity contribution in [1.29, 1.82) is 0 Å². The third-order valence-electron chi connectivity index (χ3n) is 5.73. The molecule has 0 spiro atoms. The van der Waals surface area contributed by atoms with Gasteiger partial charge in [0.15, 0.2) is 0 Å². The standard InChI is InChI=1S/C24H26N2O3/c27-23-14-20-18(15-26-22(20)13-21(23)24(28)29)8-4-5-9-19-12-17(10-11-25-19)16-6-2-1-3-7-16/h1-3,6-7,10,13-15,19,25-27H,4-5,8-9,11-12H2,(H,28,29). The van der Waals surface area contributed by atoms with E-state index in [-0.39, 0.29) is 11.3 Å². The second kappa shape index (κ2) is 8.53. The van der Waals surface area contributed by atoms with Crippen molar-refractivity contribution in [3.8, 4) is 5.75 Å². The highest BCUT2D eigenvalue weighted by Gasteiger charge is 2.16. The summed E-state index contributed by atoms with van der Waals surface area (Å²) in [5.41, 5.74) is 4.54. The van der Waals surface area contributed by atoms with Crippen LogP contribution < -0.4 is 5.32 Å². The highest BCUT2D eigenvalue weighted by molar-refractivity contribution is 5.97. The molecule has 2 heterocycles. The van der Waals surface area contributed by atoms with Crippen LogP contribution in [0.25, 0.3) is 16.5 Å². The Morgan fingerprint density at radius 3 is 2.76 bits per heavy atom. The van der Waals surface area contributed by atoms with Gasteiger partial charge in [-0.3, -0.25) is 0 Å². The van der Waals surface area contributed by atoms with Gasteiger partial charge in [0.1, 0.15) is 11.3 Å². The van der Waals surface area contributed by atoms with Gasteiger partial charge in [0.2, 0.25) is 0 Å². The number of aromatic amines is 1. The van der Waals surface area contributed by atoms with E-state index in [4.69, 9.17) is 5.11 Å². The first-order chi connectivity index (χ1) is 14.1. The molecule has 4 rings (SSSR count). The van der Waals surface area contributed by atoms with E-state index in [1.165, 1.54) is 17.2 Å². The fourth-order valence-corrected chi connectivity index (χ4v) is 4.16. The molecule has 0 saturated heterocycles. The van der Waals surface area contributed by atoms with Crippen LogP contribution in [0.4, 0.5) is 0 Å². The van der Waals surface area contributed by atoms with Crippen LogP contribution in [0.5, 0.6) is 5.75 Å². The summed E-state index contributed by atoms with van der Waals surface area (Å²) in [6.45, 7) is 0.919. The van der Waals surface area contributed by atoms with Crippen molar-refractivity contribution in [2.24, 2.45) is 0 Å². The molecule has 0 radical (unpaired) electrons. The van der Waals surface area contributed by atoms with Gasteiger partial charge in [0, 0.05) is 29.7 Å². The molecular formula is C24H26N2O3. The molecule has 1 aromatic heterocycles. The Kier molecular flexibility index (Phi) is 5.67. The third-order valence-corrected chi connectivity index (χ3v) is 5.73. The Morgan fingerprint density at radius 1 is 1.14 bits per heavy atom. The molecule has 1 aliphatic rings. The van der Waals surface area contributed by atoms with Crippen molar-refractivity contribution in [3.63, 3.8) is 0 Å². The average Bonchev–Trinajstić information content (AvgIpc) is 3.13. The SMILES string of the molecule is O=C(O)c1cc2[nH]cc(CCCCC3CC(c4ccccc4)=CCN3)c2cc1O. The number of benzene rings is 2. The second-order valence-electron chi connectivity index (χ2n) is 7.68. The quantitative estimate of drug-likeness (QED) is 0.439. The number of aromatic hydroxyl groups is 1. The number of aryl methyl sites for hydroxylation is 1. The maximum atomic E-state index is 11.2. The summed E-state index contributed by atoms with van der Waals surface area (Å²) >= 11 is 0. The predicted molar refractivity (Wildman–Crippen MR) is 115 cm³/mol. The molecule has 29 heavy (non-hydrogen) atoms. The number of H-pyrrole nitrogens is 1. The van der Waals surface area contributed by atoms with Crippen molar-refractivity contribution in [2.45, 2.75) is 38.1 Å². The lowest BCUT2D eigenvalue weighted by atomic mass is 9.92. The highest BCUT2D eigenvalue weighted by Crippen LogP contribution is 2.29. The molecule has 1 unspecified atom stereocenters. The Morgan fingerprint density at radius 2 is 1.97 bits per heavy atom. The average molecular weight is 390 g/mol. The number of carboxylic acids is 1. The second-order valence-corrected chi connectivity index (χ2v) is 7.68. The molecule has 3 aromatic rings. The van der Waals surface area contributed by atoms with Gasteiger partial charge in [-0.05, 0) is 54.5 Å². The van der Waals surface area contributed by atoms with Crippen molar-refractivity contribution in [1.82, 2.24) is 10.3 Å². The van der Waals surface area contributed by atoms with Gasteiger partial charge < -0.3 is 20.5 Å². The monoisotopic (exact) mass is 390 g/mol. The fraction of sp³-hybridized carbons (Fsp3) is 0.292. The number of rotatable bonds is 7. The van der Waals surface area contributed by atoms with Gasteiger partial charge in [-0.25, -0.2) is 4.79 Å². The maximum absolute atomic E-state index is 11.2. The van der Waals surface area contributed by atoms with E-state index in [1.807, 2.05) is 6.20 Å². The number of aromatic nitrogens is 1. The summed E-state index contributed by atoms with van der Waals surface area (Å²) in [6, 6.07) is 14.1. The van der Waals surface area contributed by atoms with Gasteiger partial charge in [-0.2, -0.15) is 0 Å². The number of fused-ring (bicyclic) bond motifs is 1. The lowest BCUT2D eigenvalue weighted by Gasteiger charge is -2.24. The molecule has 0 aliphatic carbocycles. The molecule has 0 saturated carbocycles. The summed E-state index contributed by atoms with van der Waals surface area (Å²) in [7, 11) is 0. The Hall–Kier alpha value is -3.05. The van der Waals surface area contributed by atoms with Crippen molar-refractivity contribution in [2.75, 3.05) is 6.54 Å². The Labute approximate surface area is 170 Å². The van der Waals surface area contributed by atoms with Gasteiger partial charge >= 0.3 is 5.97 Å². The molecule has 0 amide bonds. The summed E-state index contributed by atoms with van der Waals surface area (Å²) in [5, 5.41) is 23.6. The normalized spacial score (nSPS) is 16.7. The zero-order chi connectivity index (χ0) is 20.2. The maximum Gasteiger partial charge on any atom is 0.339 e. The highest BCUT2D eigenvalue weighted by atomic mass is 16.4. The molecule has 4 N–H and O–H groups in total. The van der Waals surface area contributed by atoms with Gasteiger partial charge in [-0.15, -0.1) is 0 Å². The molecule has 0 fully saturated rings. The first-order valence-electron chi connectivity index (χ1n) is 10.2. The summed E-state index contributed by atoms with van der Waals surface area (Å²) in [6.07, 6.45) is 9.47. The van der Waals surface area contributed by atoms with E-state index in [2.05, 4.69) is 46.7 Å². The topological polar surface area (TPSA) is 85.3 Å².